The topological polar surface area (TPSA) is 120 Å². The molecule has 7 rings (SSSR count). The molecule has 1 atom stereocenters. The molecular formula is C34H28F2N6O4. The number of benzene rings is 2. The minimum absolute atomic E-state index is 0.0322. The molecule has 1 fully saturated rings. The van der Waals surface area contributed by atoms with Crippen molar-refractivity contribution < 1.29 is 28.3 Å². The van der Waals surface area contributed by atoms with Crippen LogP contribution < -0.4 is 10.2 Å². The quantitative estimate of drug-likeness (QED) is 0.253. The number of aliphatic hydroxyl groups excluding tert-OH is 1. The van der Waals surface area contributed by atoms with Crippen molar-refractivity contribution in [2.45, 2.75) is 44.1 Å². The Morgan fingerprint density at radius 1 is 0.935 bits per heavy atom. The van der Waals surface area contributed by atoms with Gasteiger partial charge in [-0.15, -0.1) is 0 Å². The maximum atomic E-state index is 14.4. The molecule has 4 heterocycles. The number of rotatable bonds is 6. The molecule has 0 bridgehead atoms. The molecule has 0 saturated heterocycles. The van der Waals surface area contributed by atoms with Gasteiger partial charge in [-0.3, -0.25) is 24.2 Å². The average molecular weight is 623 g/mol. The fourth-order valence-electron chi connectivity index (χ4n) is 6.29. The van der Waals surface area contributed by atoms with Gasteiger partial charge < -0.3 is 14.8 Å². The van der Waals surface area contributed by atoms with E-state index in [1.807, 2.05) is 30.3 Å². The average Bonchev–Trinajstić information content (AvgIpc) is 3.50. The minimum Gasteiger partial charge on any atom is -0.356 e. The number of nitrogens with zero attached hydrogens (tertiary/aromatic N) is 5. The maximum absolute atomic E-state index is 14.4. The molecule has 232 valence electrons. The first-order valence-electron chi connectivity index (χ1n) is 14.9. The summed E-state index contributed by atoms with van der Waals surface area (Å²) >= 11 is 0. The number of fused-ring (bicyclic) bond motifs is 2. The van der Waals surface area contributed by atoms with Crippen LogP contribution in [0.1, 0.15) is 56.9 Å². The highest BCUT2D eigenvalue weighted by molar-refractivity contribution is 6.02. The monoisotopic (exact) mass is 622 g/mol. The third kappa shape index (κ3) is 5.36. The van der Waals surface area contributed by atoms with Crippen LogP contribution in [-0.2, 0) is 0 Å². The van der Waals surface area contributed by atoms with Crippen molar-refractivity contribution >= 4 is 35.3 Å². The first kappa shape index (κ1) is 29.2. The third-order valence-electron chi connectivity index (χ3n) is 8.58. The van der Waals surface area contributed by atoms with Crippen molar-refractivity contribution in [2.24, 2.45) is 0 Å². The number of halogens is 2. The van der Waals surface area contributed by atoms with E-state index in [1.54, 1.807) is 18.2 Å². The fraction of sp³-hybridized carbons (Fsp3) is 0.206. The smallest absolute Gasteiger partial charge is 0.271 e. The Labute approximate surface area is 261 Å². The van der Waals surface area contributed by atoms with Gasteiger partial charge >= 0.3 is 0 Å². The summed E-state index contributed by atoms with van der Waals surface area (Å²) < 4.78 is 29.4. The van der Waals surface area contributed by atoms with Gasteiger partial charge in [0, 0.05) is 35.7 Å². The van der Waals surface area contributed by atoms with Crippen molar-refractivity contribution in [3.05, 3.63) is 114 Å². The van der Waals surface area contributed by atoms with Gasteiger partial charge in [0.2, 0.25) is 6.35 Å². The van der Waals surface area contributed by atoms with Crippen molar-refractivity contribution in [2.75, 3.05) is 4.90 Å². The van der Waals surface area contributed by atoms with E-state index in [2.05, 4.69) is 15.3 Å². The molecule has 1 aliphatic heterocycles. The van der Waals surface area contributed by atoms with E-state index in [4.69, 9.17) is 0 Å². The number of imidazole rings is 1. The van der Waals surface area contributed by atoms with Crippen molar-refractivity contribution in [3.63, 3.8) is 0 Å². The van der Waals surface area contributed by atoms with E-state index in [1.165, 1.54) is 38.7 Å². The molecule has 3 aromatic heterocycles. The molecule has 1 unspecified atom stereocenters. The molecule has 1 saturated carbocycles. The number of nitrogens with one attached hydrogen (secondary N) is 1. The van der Waals surface area contributed by atoms with Gasteiger partial charge in [0.25, 0.3) is 11.8 Å². The lowest BCUT2D eigenvalue weighted by molar-refractivity contribution is -0.0217. The molecule has 0 spiro atoms. The molecule has 0 radical (unpaired) electrons. The number of aldehydes is 1. The second-order valence-corrected chi connectivity index (χ2v) is 11.5. The zero-order valence-electron chi connectivity index (χ0n) is 24.4. The van der Waals surface area contributed by atoms with Crippen LogP contribution in [0, 0.1) is 11.6 Å². The van der Waals surface area contributed by atoms with E-state index >= 15 is 0 Å². The normalized spacial score (nSPS) is 19.6. The van der Waals surface area contributed by atoms with Gasteiger partial charge in [0.1, 0.15) is 35.1 Å². The maximum Gasteiger partial charge on any atom is 0.271 e. The molecule has 1 aliphatic carbocycles. The number of aliphatic hydroxyl groups is 1. The van der Waals surface area contributed by atoms with Crippen molar-refractivity contribution in [1.82, 2.24) is 24.6 Å². The highest BCUT2D eigenvalue weighted by Gasteiger charge is 2.43. The van der Waals surface area contributed by atoms with Crippen LogP contribution in [0.2, 0.25) is 0 Å². The first-order chi connectivity index (χ1) is 22.3. The number of hydrogen-bond acceptors (Lipinski definition) is 7. The highest BCUT2D eigenvalue weighted by Crippen LogP contribution is 2.39. The van der Waals surface area contributed by atoms with Crippen LogP contribution in [0.3, 0.4) is 0 Å². The summed E-state index contributed by atoms with van der Waals surface area (Å²) in [5, 5.41) is 14.7. The fourth-order valence-corrected chi connectivity index (χ4v) is 6.29. The predicted molar refractivity (Wildman–Crippen MR) is 164 cm³/mol. The third-order valence-corrected chi connectivity index (χ3v) is 8.58. The SMILES string of the molecule is O=Cc1ccc(-c2cccc(N3c4ncc(F)cc4C(=O)N(C4CCC(NC(=O)c5cn6cc(F)ccc6n5)CC4)C3O)c2)cc1. The molecule has 2 aromatic carbocycles. The first-order valence-corrected chi connectivity index (χ1v) is 14.9. The van der Waals surface area contributed by atoms with E-state index in [0.717, 1.165) is 29.7 Å². The van der Waals surface area contributed by atoms with Crippen LogP contribution in [0.15, 0.2) is 85.3 Å². The number of hydrogen-bond donors (Lipinski definition) is 2. The van der Waals surface area contributed by atoms with E-state index in [9.17, 15) is 28.3 Å². The zero-order chi connectivity index (χ0) is 31.9. The summed E-state index contributed by atoms with van der Waals surface area (Å²) in [6.45, 7) is 0. The second kappa shape index (κ2) is 11.8. The summed E-state index contributed by atoms with van der Waals surface area (Å²) in [5.41, 5.74) is 3.38. The minimum atomic E-state index is -1.43. The summed E-state index contributed by atoms with van der Waals surface area (Å²) in [6, 6.07) is 17.7. The number of amides is 2. The van der Waals surface area contributed by atoms with E-state index in [0.29, 0.717) is 42.6 Å². The Morgan fingerprint density at radius 3 is 2.48 bits per heavy atom. The summed E-state index contributed by atoms with van der Waals surface area (Å²) in [4.78, 5) is 49.2. The molecular weight excluding hydrogens is 594 g/mol. The number of aromatic nitrogens is 3. The van der Waals surface area contributed by atoms with Gasteiger partial charge in [-0.05, 0) is 67.1 Å². The summed E-state index contributed by atoms with van der Waals surface area (Å²) in [6.07, 6.45) is 5.05. The summed E-state index contributed by atoms with van der Waals surface area (Å²) in [7, 11) is 0. The zero-order valence-corrected chi connectivity index (χ0v) is 24.4. The largest absolute Gasteiger partial charge is 0.356 e. The van der Waals surface area contributed by atoms with Crippen LogP contribution in [-0.4, -0.2) is 60.9 Å². The molecule has 46 heavy (non-hydrogen) atoms. The molecule has 10 nitrogen and oxygen atoms in total. The van der Waals surface area contributed by atoms with Crippen LogP contribution in [0.25, 0.3) is 16.8 Å². The Hall–Kier alpha value is -5.49. The van der Waals surface area contributed by atoms with Gasteiger partial charge in [-0.2, -0.15) is 0 Å². The molecule has 12 heteroatoms. The van der Waals surface area contributed by atoms with Crippen LogP contribution >= 0.6 is 0 Å². The Balaban J connectivity index is 1.12. The number of carbonyl (C=O) groups excluding carboxylic acids is 3. The number of anilines is 2. The van der Waals surface area contributed by atoms with Crippen LogP contribution in [0.5, 0.6) is 0 Å². The lowest BCUT2D eigenvalue weighted by Gasteiger charge is -2.46. The second-order valence-electron chi connectivity index (χ2n) is 11.5. The molecule has 5 aromatic rings. The Bertz CT molecular complexity index is 1970. The standard InChI is InChI=1S/C34H28F2N6O4/c35-23-8-13-30-39-29(18-40(30)17-23)32(44)38-25-9-11-26(12-10-25)42-33(45)28-15-24(36)16-37-31(28)41(34(42)46)27-3-1-2-22(14-27)21-6-4-20(19-43)5-7-21/h1-8,13-19,25-26,34,46H,9-12H2,(H,38,44). The predicted octanol–water partition coefficient (Wildman–Crippen LogP) is 5.10. The summed E-state index contributed by atoms with van der Waals surface area (Å²) in [5.74, 6) is -1.90. The number of pyridine rings is 2. The highest BCUT2D eigenvalue weighted by atomic mass is 19.1. The van der Waals surface area contributed by atoms with Gasteiger partial charge in [-0.25, -0.2) is 18.7 Å². The van der Waals surface area contributed by atoms with E-state index in [-0.39, 0.29) is 29.0 Å². The molecule has 2 amide bonds. The van der Waals surface area contributed by atoms with Gasteiger partial charge in [-0.1, -0.05) is 36.4 Å². The van der Waals surface area contributed by atoms with E-state index < -0.39 is 29.9 Å². The van der Waals surface area contributed by atoms with Gasteiger partial charge in [0.15, 0.2) is 0 Å². The van der Waals surface area contributed by atoms with Gasteiger partial charge in [0.05, 0.1) is 11.8 Å². The van der Waals surface area contributed by atoms with Crippen molar-refractivity contribution in [1.29, 1.82) is 0 Å². The lowest BCUT2D eigenvalue weighted by Crippen LogP contribution is -2.59. The molecule has 2 aliphatic rings. The number of carbonyl (C=O) groups is 3. The van der Waals surface area contributed by atoms with Crippen LogP contribution in [0.4, 0.5) is 20.3 Å². The van der Waals surface area contributed by atoms with Crippen molar-refractivity contribution in [3.8, 4) is 11.1 Å². The Kier molecular flexibility index (Phi) is 7.49. The molecule has 2 N–H and O–H groups in total. The Morgan fingerprint density at radius 2 is 1.72 bits per heavy atom. The lowest BCUT2D eigenvalue weighted by atomic mass is 9.89.